The molecule has 0 aromatic heterocycles. The van der Waals surface area contributed by atoms with E-state index in [0.29, 0.717) is 10.2 Å². The number of ether oxygens (including phenoxy) is 1. The van der Waals surface area contributed by atoms with Gasteiger partial charge in [-0.25, -0.2) is 8.42 Å². The van der Waals surface area contributed by atoms with Gasteiger partial charge in [-0.1, -0.05) is 13.8 Å². The molecule has 1 atom stereocenters. The molecule has 0 amide bonds. The van der Waals surface area contributed by atoms with Crippen molar-refractivity contribution in [2.24, 2.45) is 5.92 Å². The van der Waals surface area contributed by atoms with Gasteiger partial charge in [0.05, 0.1) is 16.5 Å². The van der Waals surface area contributed by atoms with Crippen LogP contribution in [0.25, 0.3) is 0 Å². The molecule has 2 N–H and O–H groups in total. The van der Waals surface area contributed by atoms with E-state index in [-0.39, 0.29) is 17.2 Å². The normalized spacial score (nSPS) is 13.2. The smallest absolute Gasteiger partial charge is 0.321 e. The summed E-state index contributed by atoms with van der Waals surface area (Å²) < 4.78 is 32.4. The maximum atomic E-state index is 12.3. The zero-order valence-corrected chi connectivity index (χ0v) is 14.4. The van der Waals surface area contributed by atoms with E-state index in [1.54, 1.807) is 0 Å². The van der Waals surface area contributed by atoms with Crippen LogP contribution >= 0.6 is 15.9 Å². The Balaban J connectivity index is 3.07. The number of hydrogen-bond acceptors (Lipinski definition) is 4. The van der Waals surface area contributed by atoms with Crippen molar-refractivity contribution >= 4 is 31.9 Å². The predicted molar refractivity (Wildman–Crippen MR) is 81.9 cm³/mol. The van der Waals surface area contributed by atoms with E-state index in [0.717, 1.165) is 0 Å². The highest BCUT2D eigenvalue weighted by molar-refractivity contribution is 9.10. The molecule has 0 aliphatic carbocycles. The SMILES string of the molecule is COc1cc(S(=O)(=O)N[C@@H](CC(C)C)C(=O)O)ccc1Br. The minimum Gasteiger partial charge on any atom is -0.496 e. The molecule has 0 aliphatic rings. The van der Waals surface area contributed by atoms with Gasteiger partial charge in [0.15, 0.2) is 0 Å². The molecule has 0 saturated carbocycles. The zero-order chi connectivity index (χ0) is 16.2. The molecule has 0 fully saturated rings. The van der Waals surface area contributed by atoms with Crippen molar-refractivity contribution in [3.05, 3.63) is 22.7 Å². The maximum Gasteiger partial charge on any atom is 0.321 e. The van der Waals surface area contributed by atoms with E-state index < -0.39 is 22.0 Å². The van der Waals surface area contributed by atoms with Gasteiger partial charge in [-0.15, -0.1) is 0 Å². The number of methoxy groups -OCH3 is 1. The van der Waals surface area contributed by atoms with E-state index in [4.69, 9.17) is 9.84 Å². The van der Waals surface area contributed by atoms with Crippen molar-refractivity contribution < 1.29 is 23.1 Å². The fourth-order valence-electron chi connectivity index (χ4n) is 1.73. The lowest BCUT2D eigenvalue weighted by molar-refractivity contribution is -0.139. The number of carboxylic acid groups (broad SMARTS) is 1. The summed E-state index contributed by atoms with van der Waals surface area (Å²) in [6.07, 6.45) is 0.211. The molecule has 8 heteroatoms. The monoisotopic (exact) mass is 379 g/mol. The topological polar surface area (TPSA) is 92.7 Å². The van der Waals surface area contributed by atoms with E-state index in [1.165, 1.54) is 25.3 Å². The van der Waals surface area contributed by atoms with Gasteiger partial charge in [-0.05, 0) is 40.4 Å². The Bertz CT molecular complexity index is 615. The molecule has 0 saturated heterocycles. The molecule has 1 aromatic rings. The van der Waals surface area contributed by atoms with Crippen LogP contribution in [0.15, 0.2) is 27.6 Å². The summed E-state index contributed by atoms with van der Waals surface area (Å²) in [6.45, 7) is 3.65. The van der Waals surface area contributed by atoms with Crippen LogP contribution < -0.4 is 9.46 Å². The van der Waals surface area contributed by atoms with E-state index in [1.807, 2.05) is 13.8 Å². The first-order valence-corrected chi connectivity index (χ1v) is 8.53. The second-order valence-corrected chi connectivity index (χ2v) is 7.51. The third-order valence-corrected chi connectivity index (χ3v) is 4.86. The third-order valence-electron chi connectivity index (χ3n) is 2.74. The van der Waals surface area contributed by atoms with Gasteiger partial charge in [0.25, 0.3) is 0 Å². The van der Waals surface area contributed by atoms with Crippen molar-refractivity contribution in [2.45, 2.75) is 31.2 Å². The first-order chi connectivity index (χ1) is 9.67. The number of benzene rings is 1. The average Bonchev–Trinajstić information content (AvgIpc) is 2.37. The highest BCUT2D eigenvalue weighted by atomic mass is 79.9. The molecule has 0 aliphatic heterocycles. The van der Waals surface area contributed by atoms with Crippen LogP contribution in [0.4, 0.5) is 0 Å². The largest absolute Gasteiger partial charge is 0.496 e. The van der Waals surface area contributed by atoms with Crippen LogP contribution in [0.2, 0.25) is 0 Å². The van der Waals surface area contributed by atoms with Crippen molar-refractivity contribution in [3.8, 4) is 5.75 Å². The average molecular weight is 380 g/mol. The Hall–Kier alpha value is -1.12. The molecule has 0 spiro atoms. The van der Waals surface area contributed by atoms with E-state index >= 15 is 0 Å². The van der Waals surface area contributed by atoms with Gasteiger partial charge in [-0.3, -0.25) is 4.79 Å². The summed E-state index contributed by atoms with van der Waals surface area (Å²) in [5.74, 6) is -0.793. The summed E-state index contributed by atoms with van der Waals surface area (Å²) in [6, 6.07) is 3.08. The van der Waals surface area contributed by atoms with Crippen LogP contribution in [0, 0.1) is 5.92 Å². The van der Waals surface area contributed by atoms with Crippen LogP contribution in [-0.2, 0) is 14.8 Å². The fraction of sp³-hybridized carbons (Fsp3) is 0.462. The Morgan fingerprint density at radius 3 is 2.52 bits per heavy atom. The van der Waals surface area contributed by atoms with Crippen molar-refractivity contribution in [1.82, 2.24) is 4.72 Å². The molecule has 0 radical (unpaired) electrons. The van der Waals surface area contributed by atoms with Gasteiger partial charge in [0.1, 0.15) is 11.8 Å². The molecular weight excluding hydrogens is 362 g/mol. The summed E-state index contributed by atoms with van der Waals surface area (Å²) >= 11 is 3.23. The highest BCUT2D eigenvalue weighted by Crippen LogP contribution is 2.27. The highest BCUT2D eigenvalue weighted by Gasteiger charge is 2.26. The molecule has 0 bridgehead atoms. The minimum atomic E-state index is -3.93. The third kappa shape index (κ3) is 4.98. The van der Waals surface area contributed by atoms with Crippen molar-refractivity contribution in [2.75, 3.05) is 7.11 Å². The number of sulfonamides is 1. The minimum absolute atomic E-state index is 0.0439. The van der Waals surface area contributed by atoms with Crippen LogP contribution in [0.5, 0.6) is 5.75 Å². The van der Waals surface area contributed by atoms with Gasteiger partial charge >= 0.3 is 5.97 Å². The summed E-state index contributed by atoms with van der Waals surface area (Å²) in [4.78, 5) is 11.1. The number of nitrogens with one attached hydrogen (secondary N) is 1. The van der Waals surface area contributed by atoms with Gasteiger partial charge in [0, 0.05) is 6.07 Å². The van der Waals surface area contributed by atoms with Crippen LogP contribution in [0.1, 0.15) is 20.3 Å². The predicted octanol–water partition coefficient (Wildman–Crippen LogP) is 2.24. The standard InChI is InChI=1S/C13H18BrNO5S/c1-8(2)6-11(13(16)17)15-21(18,19)9-4-5-10(14)12(7-9)20-3/h4-5,7-8,11,15H,6H2,1-3H3,(H,16,17)/t11-/m0/s1. The van der Waals surface area contributed by atoms with E-state index in [2.05, 4.69) is 20.7 Å². The molecule has 118 valence electrons. The number of hydrogen-bond donors (Lipinski definition) is 2. The number of carbonyl (C=O) groups is 1. The second kappa shape index (κ2) is 7.24. The first kappa shape index (κ1) is 17.9. The fourth-order valence-corrected chi connectivity index (χ4v) is 3.36. The summed E-state index contributed by atoms with van der Waals surface area (Å²) in [5.41, 5.74) is 0. The lowest BCUT2D eigenvalue weighted by atomic mass is 10.1. The lowest BCUT2D eigenvalue weighted by Gasteiger charge is -2.17. The Morgan fingerprint density at radius 1 is 1.43 bits per heavy atom. The molecular formula is C13H18BrNO5S. The van der Waals surface area contributed by atoms with Crippen molar-refractivity contribution in [1.29, 1.82) is 0 Å². The van der Waals surface area contributed by atoms with Crippen LogP contribution in [-0.4, -0.2) is 32.6 Å². The lowest BCUT2D eigenvalue weighted by Crippen LogP contribution is -2.41. The molecule has 1 rings (SSSR count). The number of rotatable bonds is 7. The van der Waals surface area contributed by atoms with E-state index in [9.17, 15) is 13.2 Å². The molecule has 0 unspecified atom stereocenters. The maximum absolute atomic E-state index is 12.3. The Morgan fingerprint density at radius 2 is 2.05 bits per heavy atom. The number of aliphatic carboxylic acids is 1. The molecule has 21 heavy (non-hydrogen) atoms. The van der Waals surface area contributed by atoms with Gasteiger partial charge < -0.3 is 9.84 Å². The number of carboxylic acids is 1. The second-order valence-electron chi connectivity index (χ2n) is 4.94. The molecule has 6 nitrogen and oxygen atoms in total. The zero-order valence-electron chi connectivity index (χ0n) is 12.0. The summed E-state index contributed by atoms with van der Waals surface area (Å²) in [7, 11) is -2.51. The Labute approximate surface area is 132 Å². The molecule has 0 heterocycles. The molecule has 1 aromatic carbocycles. The van der Waals surface area contributed by atoms with Crippen molar-refractivity contribution in [3.63, 3.8) is 0 Å². The first-order valence-electron chi connectivity index (χ1n) is 6.26. The Kier molecular flexibility index (Phi) is 6.18. The van der Waals surface area contributed by atoms with Gasteiger partial charge in [0.2, 0.25) is 10.0 Å². The van der Waals surface area contributed by atoms with Crippen LogP contribution in [0.3, 0.4) is 0 Å². The quantitative estimate of drug-likeness (QED) is 0.757. The summed E-state index contributed by atoms with van der Waals surface area (Å²) in [5, 5.41) is 9.12. The number of halogens is 1. The van der Waals surface area contributed by atoms with Gasteiger partial charge in [-0.2, -0.15) is 4.72 Å².